The maximum absolute atomic E-state index is 11.8. The molecule has 0 saturated carbocycles. The summed E-state index contributed by atoms with van der Waals surface area (Å²) < 4.78 is 79.2. The van der Waals surface area contributed by atoms with Crippen molar-refractivity contribution in [2.24, 2.45) is 0 Å². The Morgan fingerprint density at radius 3 is 1.95 bits per heavy atom. The van der Waals surface area contributed by atoms with Gasteiger partial charge in [-0.05, 0) is 24.3 Å². The van der Waals surface area contributed by atoms with Crippen molar-refractivity contribution in [1.29, 1.82) is 0 Å². The van der Waals surface area contributed by atoms with Gasteiger partial charge in [0.05, 0.1) is 16.9 Å². The molecule has 0 aliphatic carbocycles. The highest BCUT2D eigenvalue weighted by Gasteiger charge is 2.15. The average Bonchev–Trinajstić information content (AvgIpc) is 2.25. The van der Waals surface area contributed by atoms with Crippen LogP contribution in [0.5, 0.6) is 0 Å². The van der Waals surface area contributed by atoms with Gasteiger partial charge in [-0.3, -0.25) is 9.27 Å². The van der Waals surface area contributed by atoms with Crippen molar-refractivity contribution in [2.45, 2.75) is 4.90 Å². The second-order valence-corrected chi connectivity index (χ2v) is 9.17. The Labute approximate surface area is 123 Å². The molecule has 0 unspecified atom stereocenters. The van der Waals surface area contributed by atoms with Crippen LogP contribution in [-0.2, 0) is 30.2 Å². The Hall–Kier alpha value is -1.21. The van der Waals surface area contributed by atoms with Gasteiger partial charge >= 0.3 is 0 Å². The SMILES string of the molecule is CS(=O)(=O)Nc1ccc(S(=O)(=O)NCCS(=O)(=O)O)cc1. The van der Waals surface area contributed by atoms with E-state index in [1.807, 2.05) is 4.72 Å². The van der Waals surface area contributed by atoms with Crippen molar-refractivity contribution in [3.05, 3.63) is 24.3 Å². The van der Waals surface area contributed by atoms with Crippen LogP contribution in [0, 0.1) is 0 Å². The smallest absolute Gasteiger partial charge is 0.266 e. The number of hydrogen-bond donors (Lipinski definition) is 3. The summed E-state index contributed by atoms with van der Waals surface area (Å²) in [4.78, 5) is -0.170. The van der Waals surface area contributed by atoms with Gasteiger partial charge in [-0.2, -0.15) is 8.42 Å². The van der Waals surface area contributed by atoms with Crippen molar-refractivity contribution in [3.8, 4) is 0 Å². The Balaban J connectivity index is 2.80. The van der Waals surface area contributed by atoms with E-state index in [0.29, 0.717) is 0 Å². The monoisotopic (exact) mass is 358 g/mol. The van der Waals surface area contributed by atoms with Crippen molar-refractivity contribution in [3.63, 3.8) is 0 Å². The lowest BCUT2D eigenvalue weighted by Gasteiger charge is -2.07. The molecule has 1 aromatic carbocycles. The molecule has 0 bridgehead atoms. The maximum atomic E-state index is 11.8. The van der Waals surface area contributed by atoms with E-state index in [1.54, 1.807) is 0 Å². The van der Waals surface area contributed by atoms with Crippen molar-refractivity contribution < 1.29 is 29.8 Å². The number of nitrogens with one attached hydrogen (secondary N) is 2. The lowest BCUT2D eigenvalue weighted by Crippen LogP contribution is -2.29. The summed E-state index contributed by atoms with van der Waals surface area (Å²) in [5, 5.41) is 0. The summed E-state index contributed by atoms with van der Waals surface area (Å²) in [6, 6.07) is 4.81. The molecule has 120 valence electrons. The van der Waals surface area contributed by atoms with Crippen LogP contribution in [0.15, 0.2) is 29.2 Å². The molecule has 0 heterocycles. The highest BCUT2D eigenvalue weighted by molar-refractivity contribution is 7.92. The predicted octanol–water partition coefficient (Wildman–Crippen LogP) is -0.776. The first-order chi connectivity index (χ1) is 9.39. The molecule has 0 aromatic heterocycles. The van der Waals surface area contributed by atoms with Gasteiger partial charge in [-0.1, -0.05) is 0 Å². The van der Waals surface area contributed by atoms with Crippen LogP contribution >= 0.6 is 0 Å². The lowest BCUT2D eigenvalue weighted by molar-refractivity contribution is 0.482. The first-order valence-electron chi connectivity index (χ1n) is 5.42. The van der Waals surface area contributed by atoms with Crippen LogP contribution in [-0.4, -0.2) is 48.4 Å². The summed E-state index contributed by atoms with van der Waals surface area (Å²) in [6.07, 6.45) is 0.953. The molecule has 0 aliphatic rings. The Kier molecular flexibility index (Phi) is 5.33. The molecule has 0 spiro atoms. The quantitative estimate of drug-likeness (QED) is 0.542. The van der Waals surface area contributed by atoms with Gasteiger partial charge in [0.25, 0.3) is 10.1 Å². The highest BCUT2D eigenvalue weighted by Crippen LogP contribution is 2.14. The van der Waals surface area contributed by atoms with Crippen LogP contribution in [0.1, 0.15) is 0 Å². The van der Waals surface area contributed by atoms with Crippen LogP contribution in [0.4, 0.5) is 5.69 Å². The summed E-state index contributed by atoms with van der Waals surface area (Å²) >= 11 is 0. The fraction of sp³-hybridized carbons (Fsp3) is 0.333. The highest BCUT2D eigenvalue weighted by atomic mass is 32.2. The molecule has 1 rings (SSSR count). The molecule has 0 radical (unpaired) electrons. The summed E-state index contributed by atoms with van der Waals surface area (Å²) in [5.74, 6) is -0.750. The molecular formula is C9H14N2O7S3. The molecule has 1 aromatic rings. The van der Waals surface area contributed by atoms with Gasteiger partial charge in [0.2, 0.25) is 20.0 Å². The lowest BCUT2D eigenvalue weighted by atomic mass is 10.3. The zero-order valence-corrected chi connectivity index (χ0v) is 13.3. The minimum Gasteiger partial charge on any atom is -0.286 e. The molecular weight excluding hydrogens is 344 g/mol. The van der Waals surface area contributed by atoms with Gasteiger partial charge in [-0.15, -0.1) is 0 Å². The number of rotatable bonds is 7. The van der Waals surface area contributed by atoms with Gasteiger partial charge in [0, 0.05) is 12.2 Å². The van der Waals surface area contributed by atoms with Gasteiger partial charge < -0.3 is 0 Å². The van der Waals surface area contributed by atoms with E-state index in [9.17, 15) is 25.3 Å². The minimum absolute atomic E-state index is 0.170. The van der Waals surface area contributed by atoms with Gasteiger partial charge in [0.15, 0.2) is 0 Å². The standard InChI is InChI=1S/C9H14N2O7S3/c1-19(12,13)11-8-2-4-9(5-3-8)21(17,18)10-6-7-20(14,15)16/h2-5,10-11H,6-7H2,1H3,(H,14,15,16). The third-order valence-electron chi connectivity index (χ3n) is 2.12. The third kappa shape index (κ3) is 6.86. The van der Waals surface area contributed by atoms with E-state index in [1.165, 1.54) is 12.1 Å². The largest absolute Gasteiger partial charge is 0.286 e. The number of benzene rings is 1. The Morgan fingerprint density at radius 2 is 1.52 bits per heavy atom. The Bertz CT molecular complexity index is 795. The first-order valence-corrected chi connectivity index (χ1v) is 10.4. The maximum Gasteiger partial charge on any atom is 0.266 e. The van der Waals surface area contributed by atoms with E-state index in [-0.39, 0.29) is 10.6 Å². The molecule has 0 fully saturated rings. The molecule has 12 heteroatoms. The first kappa shape index (κ1) is 17.8. The van der Waals surface area contributed by atoms with Crippen LogP contribution in [0.2, 0.25) is 0 Å². The molecule has 21 heavy (non-hydrogen) atoms. The normalized spacial score (nSPS) is 13.0. The predicted molar refractivity (Wildman–Crippen MR) is 76.5 cm³/mol. The minimum atomic E-state index is -4.26. The zero-order valence-electron chi connectivity index (χ0n) is 10.8. The summed E-state index contributed by atoms with van der Waals surface area (Å²) in [7, 11) is -11.7. The van der Waals surface area contributed by atoms with Crippen molar-refractivity contribution >= 4 is 35.9 Å². The molecule has 0 atom stereocenters. The summed E-state index contributed by atoms with van der Waals surface area (Å²) in [6.45, 7) is -0.482. The van der Waals surface area contributed by atoms with Gasteiger partial charge in [0.1, 0.15) is 0 Å². The van der Waals surface area contributed by atoms with E-state index >= 15 is 0 Å². The fourth-order valence-corrected chi connectivity index (χ4v) is 3.39. The number of sulfonamides is 2. The van der Waals surface area contributed by atoms with E-state index in [2.05, 4.69) is 4.72 Å². The second kappa shape index (κ2) is 6.27. The fourth-order valence-electron chi connectivity index (χ4n) is 1.30. The van der Waals surface area contributed by atoms with Crippen molar-refractivity contribution in [2.75, 3.05) is 23.3 Å². The van der Waals surface area contributed by atoms with Crippen LogP contribution in [0.25, 0.3) is 0 Å². The zero-order chi connectivity index (χ0) is 16.3. The van der Waals surface area contributed by atoms with E-state index in [4.69, 9.17) is 4.55 Å². The van der Waals surface area contributed by atoms with E-state index < -0.39 is 42.5 Å². The molecule has 9 nitrogen and oxygen atoms in total. The van der Waals surface area contributed by atoms with Crippen LogP contribution in [0.3, 0.4) is 0 Å². The average molecular weight is 358 g/mol. The summed E-state index contributed by atoms with van der Waals surface area (Å²) in [5.41, 5.74) is 0.189. The molecule has 0 saturated heterocycles. The Morgan fingerprint density at radius 1 is 1.00 bits per heavy atom. The molecule has 0 aliphatic heterocycles. The number of anilines is 1. The van der Waals surface area contributed by atoms with Crippen LogP contribution < -0.4 is 9.44 Å². The molecule has 0 amide bonds. The van der Waals surface area contributed by atoms with Gasteiger partial charge in [-0.25, -0.2) is 21.6 Å². The molecule has 3 N–H and O–H groups in total. The number of hydrogen-bond acceptors (Lipinski definition) is 6. The topological polar surface area (TPSA) is 147 Å². The van der Waals surface area contributed by atoms with E-state index in [0.717, 1.165) is 18.4 Å². The third-order valence-corrected chi connectivity index (χ3v) is 4.92. The second-order valence-electron chi connectivity index (χ2n) is 4.08. The van der Waals surface area contributed by atoms with Crippen molar-refractivity contribution in [1.82, 2.24) is 4.72 Å².